The molecule has 0 aliphatic rings. The molecule has 1 aromatic rings. The molecule has 4 heteroatoms. The SMILES string of the molecule is NC(CCc1ccccc1)C(=O)NO. The van der Waals surface area contributed by atoms with Gasteiger partial charge in [-0.05, 0) is 18.4 Å². The van der Waals surface area contributed by atoms with Crippen molar-refractivity contribution in [2.75, 3.05) is 0 Å². The summed E-state index contributed by atoms with van der Waals surface area (Å²) in [4.78, 5) is 10.8. The molecule has 0 radical (unpaired) electrons. The fraction of sp³-hybridized carbons (Fsp3) is 0.300. The maximum atomic E-state index is 10.8. The van der Waals surface area contributed by atoms with Crippen LogP contribution in [0.15, 0.2) is 30.3 Å². The second kappa shape index (κ2) is 5.36. The molecule has 0 aliphatic heterocycles. The molecule has 1 aromatic carbocycles. The first-order valence-electron chi connectivity index (χ1n) is 4.47. The van der Waals surface area contributed by atoms with Gasteiger partial charge >= 0.3 is 0 Å². The van der Waals surface area contributed by atoms with E-state index in [2.05, 4.69) is 0 Å². The van der Waals surface area contributed by atoms with E-state index >= 15 is 0 Å². The zero-order valence-corrected chi connectivity index (χ0v) is 7.81. The van der Waals surface area contributed by atoms with Gasteiger partial charge in [-0.15, -0.1) is 0 Å². The van der Waals surface area contributed by atoms with E-state index in [-0.39, 0.29) is 0 Å². The second-order valence-corrected chi connectivity index (χ2v) is 3.11. The maximum absolute atomic E-state index is 10.8. The molecule has 0 bridgehead atoms. The van der Waals surface area contributed by atoms with Gasteiger partial charge in [-0.1, -0.05) is 30.3 Å². The molecule has 4 nitrogen and oxygen atoms in total. The van der Waals surface area contributed by atoms with E-state index in [1.54, 1.807) is 0 Å². The van der Waals surface area contributed by atoms with Crippen LogP contribution in [0.3, 0.4) is 0 Å². The monoisotopic (exact) mass is 194 g/mol. The van der Waals surface area contributed by atoms with Gasteiger partial charge in [0.25, 0.3) is 5.91 Å². The van der Waals surface area contributed by atoms with Crippen LogP contribution >= 0.6 is 0 Å². The Morgan fingerprint density at radius 1 is 1.43 bits per heavy atom. The highest BCUT2D eigenvalue weighted by Crippen LogP contribution is 2.03. The summed E-state index contributed by atoms with van der Waals surface area (Å²) in [6.45, 7) is 0. The van der Waals surface area contributed by atoms with Crippen molar-refractivity contribution in [3.05, 3.63) is 35.9 Å². The number of carbonyl (C=O) groups is 1. The number of hydroxylamine groups is 1. The van der Waals surface area contributed by atoms with Gasteiger partial charge in [0.15, 0.2) is 0 Å². The lowest BCUT2D eigenvalue weighted by Gasteiger charge is -2.08. The third kappa shape index (κ3) is 3.16. The third-order valence-electron chi connectivity index (χ3n) is 2.03. The Morgan fingerprint density at radius 2 is 2.07 bits per heavy atom. The molecule has 1 unspecified atom stereocenters. The van der Waals surface area contributed by atoms with Crippen molar-refractivity contribution in [3.8, 4) is 0 Å². The molecular formula is C10H14N2O2. The van der Waals surface area contributed by atoms with Crippen molar-refractivity contribution < 1.29 is 10.0 Å². The van der Waals surface area contributed by atoms with Crippen molar-refractivity contribution >= 4 is 5.91 Å². The standard InChI is InChI=1S/C10H14N2O2/c11-9(10(13)12-14)7-6-8-4-2-1-3-5-8/h1-5,9,14H,6-7,11H2,(H,12,13). The Labute approximate surface area is 82.7 Å². The van der Waals surface area contributed by atoms with Crippen LogP contribution in [0.5, 0.6) is 0 Å². The van der Waals surface area contributed by atoms with Gasteiger partial charge < -0.3 is 5.73 Å². The number of nitrogens with two attached hydrogens (primary N) is 1. The van der Waals surface area contributed by atoms with E-state index < -0.39 is 11.9 Å². The van der Waals surface area contributed by atoms with Crippen LogP contribution in [0.1, 0.15) is 12.0 Å². The summed E-state index contributed by atoms with van der Waals surface area (Å²) in [5.41, 5.74) is 8.17. The summed E-state index contributed by atoms with van der Waals surface area (Å²) < 4.78 is 0. The van der Waals surface area contributed by atoms with Crippen molar-refractivity contribution in [3.63, 3.8) is 0 Å². The van der Waals surface area contributed by atoms with Crippen molar-refractivity contribution in [2.24, 2.45) is 5.73 Å². The molecule has 0 spiro atoms. The smallest absolute Gasteiger partial charge is 0.260 e. The van der Waals surface area contributed by atoms with Gasteiger partial charge in [-0.25, -0.2) is 5.48 Å². The summed E-state index contributed by atoms with van der Waals surface area (Å²) in [6, 6.07) is 9.11. The minimum atomic E-state index is -0.653. The number of aryl methyl sites for hydroxylation is 1. The highest BCUT2D eigenvalue weighted by Gasteiger charge is 2.11. The maximum Gasteiger partial charge on any atom is 0.260 e. The minimum Gasteiger partial charge on any atom is -0.320 e. The van der Waals surface area contributed by atoms with Crippen molar-refractivity contribution in [1.82, 2.24) is 5.48 Å². The number of carbonyl (C=O) groups excluding carboxylic acids is 1. The summed E-state index contributed by atoms with van der Waals surface area (Å²) in [6.07, 6.45) is 1.26. The Bertz CT molecular complexity index is 287. The van der Waals surface area contributed by atoms with Crippen LogP contribution in [0.2, 0.25) is 0 Å². The van der Waals surface area contributed by atoms with Gasteiger partial charge in [0.05, 0.1) is 6.04 Å². The van der Waals surface area contributed by atoms with Crippen LogP contribution in [-0.4, -0.2) is 17.2 Å². The average molecular weight is 194 g/mol. The molecule has 14 heavy (non-hydrogen) atoms. The Balaban J connectivity index is 2.38. The zero-order chi connectivity index (χ0) is 10.4. The second-order valence-electron chi connectivity index (χ2n) is 3.11. The quantitative estimate of drug-likeness (QED) is 0.481. The summed E-state index contributed by atoms with van der Waals surface area (Å²) in [5, 5.41) is 8.32. The van der Waals surface area contributed by atoms with Crippen molar-refractivity contribution in [1.29, 1.82) is 0 Å². The number of amides is 1. The van der Waals surface area contributed by atoms with Gasteiger partial charge in [0.2, 0.25) is 0 Å². The molecule has 1 rings (SSSR count). The average Bonchev–Trinajstić information content (AvgIpc) is 2.26. The highest BCUT2D eigenvalue weighted by atomic mass is 16.5. The Morgan fingerprint density at radius 3 is 2.64 bits per heavy atom. The predicted molar refractivity (Wildman–Crippen MR) is 52.7 cm³/mol. The molecule has 1 atom stereocenters. The van der Waals surface area contributed by atoms with Gasteiger partial charge in [0.1, 0.15) is 0 Å². The van der Waals surface area contributed by atoms with E-state index in [1.807, 2.05) is 30.3 Å². The van der Waals surface area contributed by atoms with E-state index in [0.29, 0.717) is 6.42 Å². The van der Waals surface area contributed by atoms with E-state index in [1.165, 1.54) is 5.48 Å². The molecule has 0 fully saturated rings. The van der Waals surface area contributed by atoms with E-state index in [4.69, 9.17) is 10.9 Å². The molecule has 0 saturated carbocycles. The molecule has 0 heterocycles. The molecule has 4 N–H and O–H groups in total. The van der Waals surface area contributed by atoms with Crippen LogP contribution in [0.25, 0.3) is 0 Å². The first-order valence-corrected chi connectivity index (χ1v) is 4.47. The lowest BCUT2D eigenvalue weighted by molar-refractivity contribution is -0.130. The normalized spacial score (nSPS) is 12.1. The lowest BCUT2D eigenvalue weighted by Crippen LogP contribution is -2.39. The topological polar surface area (TPSA) is 75.4 Å². The van der Waals surface area contributed by atoms with Crippen LogP contribution < -0.4 is 11.2 Å². The van der Waals surface area contributed by atoms with Crippen LogP contribution in [0.4, 0.5) is 0 Å². The van der Waals surface area contributed by atoms with Crippen molar-refractivity contribution in [2.45, 2.75) is 18.9 Å². The van der Waals surface area contributed by atoms with E-state index in [9.17, 15) is 4.79 Å². The van der Waals surface area contributed by atoms with Crippen LogP contribution in [0, 0.1) is 0 Å². The van der Waals surface area contributed by atoms with Crippen LogP contribution in [-0.2, 0) is 11.2 Å². The predicted octanol–water partition coefficient (Wildman–Crippen LogP) is 0.452. The van der Waals surface area contributed by atoms with Gasteiger partial charge in [0, 0.05) is 0 Å². The fourth-order valence-electron chi connectivity index (χ4n) is 1.18. The molecule has 0 aromatic heterocycles. The highest BCUT2D eigenvalue weighted by molar-refractivity contribution is 5.80. The first-order chi connectivity index (χ1) is 6.74. The Hall–Kier alpha value is -1.39. The van der Waals surface area contributed by atoms with Gasteiger partial charge in [-0.3, -0.25) is 10.0 Å². The third-order valence-corrected chi connectivity index (χ3v) is 2.03. The number of hydrogen-bond donors (Lipinski definition) is 3. The molecule has 0 saturated heterocycles. The Kier molecular flexibility index (Phi) is 4.10. The first kappa shape index (κ1) is 10.7. The number of hydrogen-bond acceptors (Lipinski definition) is 3. The minimum absolute atomic E-state index is 0.524. The largest absolute Gasteiger partial charge is 0.320 e. The fourth-order valence-corrected chi connectivity index (χ4v) is 1.18. The number of rotatable bonds is 4. The summed E-state index contributed by atoms with van der Waals surface area (Å²) in [7, 11) is 0. The molecule has 76 valence electrons. The zero-order valence-electron chi connectivity index (χ0n) is 7.81. The summed E-state index contributed by atoms with van der Waals surface area (Å²) >= 11 is 0. The molecule has 0 aliphatic carbocycles. The van der Waals surface area contributed by atoms with Gasteiger partial charge in [-0.2, -0.15) is 0 Å². The molecule has 1 amide bonds. The molecular weight excluding hydrogens is 180 g/mol. The van der Waals surface area contributed by atoms with E-state index in [0.717, 1.165) is 12.0 Å². The summed E-state index contributed by atoms with van der Waals surface area (Å²) in [5.74, 6) is -0.541. The number of benzene rings is 1. The lowest BCUT2D eigenvalue weighted by atomic mass is 10.1. The number of nitrogens with one attached hydrogen (secondary N) is 1.